The molecular formula is C28H48O2Si. The molecule has 3 fully saturated rings. The van der Waals surface area contributed by atoms with Crippen LogP contribution in [0.3, 0.4) is 0 Å². The highest BCUT2D eigenvalue weighted by atomic mass is 28.4. The first-order chi connectivity index (χ1) is 14.4. The Kier molecular flexibility index (Phi) is 7.50. The average Bonchev–Trinajstić information content (AvgIpc) is 3.04. The molecule has 0 unspecified atom stereocenters. The molecule has 31 heavy (non-hydrogen) atoms. The monoisotopic (exact) mass is 444 g/mol. The van der Waals surface area contributed by atoms with Gasteiger partial charge in [0.05, 0.1) is 0 Å². The first kappa shape index (κ1) is 25.0. The Bertz CT molecular complexity index is 726. The summed E-state index contributed by atoms with van der Waals surface area (Å²) < 4.78 is 6.76. The molecule has 3 rings (SSSR count). The second kappa shape index (κ2) is 9.31. The molecule has 176 valence electrons. The Labute approximate surface area is 193 Å². The van der Waals surface area contributed by atoms with Gasteiger partial charge < -0.3 is 9.53 Å². The van der Waals surface area contributed by atoms with E-state index in [1.54, 1.807) is 5.57 Å². The second-order valence-electron chi connectivity index (χ2n) is 12.5. The van der Waals surface area contributed by atoms with E-state index >= 15 is 0 Å². The largest absolute Gasteiger partial charge is 0.414 e. The maximum absolute atomic E-state index is 9.78. The number of hydrogen-bond acceptors (Lipinski definition) is 2. The van der Waals surface area contributed by atoms with E-state index in [-0.39, 0.29) is 5.04 Å². The lowest BCUT2D eigenvalue weighted by Gasteiger charge is -2.44. The highest BCUT2D eigenvalue weighted by Crippen LogP contribution is 2.59. The quantitative estimate of drug-likeness (QED) is 0.438. The summed E-state index contributed by atoms with van der Waals surface area (Å²) in [6, 6.07) is 0. The zero-order valence-electron chi connectivity index (χ0n) is 21.4. The van der Waals surface area contributed by atoms with Crippen molar-refractivity contribution in [2.24, 2.45) is 23.2 Å². The van der Waals surface area contributed by atoms with Crippen molar-refractivity contribution in [3.05, 3.63) is 35.5 Å². The number of allylic oxidation sites excluding steroid dienone is 4. The predicted octanol–water partition coefficient (Wildman–Crippen LogP) is 7.81. The van der Waals surface area contributed by atoms with Gasteiger partial charge in [-0.25, -0.2) is 0 Å². The van der Waals surface area contributed by atoms with Gasteiger partial charge in [-0.2, -0.15) is 0 Å². The molecule has 0 amide bonds. The molecule has 0 bridgehead atoms. The third-order valence-electron chi connectivity index (χ3n) is 9.45. The highest BCUT2D eigenvalue weighted by Gasteiger charge is 2.50. The molecule has 3 aliphatic carbocycles. The van der Waals surface area contributed by atoms with E-state index in [1.165, 1.54) is 43.3 Å². The van der Waals surface area contributed by atoms with Gasteiger partial charge in [0, 0.05) is 12.7 Å². The average molecular weight is 445 g/mol. The standard InChI is InChI=1S/C28H48O2Si/c1-20-11-14-24(30-31(7,8)27(3,4)5)18-23(20)13-12-22-10-9-17-28(6)25(21(2)19-29)15-16-26(22)28/h12-13,21,24-26,29H,1,9-11,14-19H2,2-8H3/b22-12+,23-13+/t21-,24+,25-,26+,28-/m1/s1. The summed E-state index contributed by atoms with van der Waals surface area (Å²) in [7, 11) is -1.74. The Balaban J connectivity index is 1.75. The minimum absolute atomic E-state index is 0.255. The van der Waals surface area contributed by atoms with Crippen molar-refractivity contribution in [2.75, 3.05) is 6.61 Å². The predicted molar refractivity (Wildman–Crippen MR) is 136 cm³/mol. The first-order valence-corrected chi connectivity index (χ1v) is 15.7. The van der Waals surface area contributed by atoms with Crippen LogP contribution in [-0.2, 0) is 4.43 Å². The molecule has 3 aliphatic rings. The molecule has 2 nitrogen and oxygen atoms in total. The molecule has 3 saturated carbocycles. The van der Waals surface area contributed by atoms with Crippen molar-refractivity contribution in [1.29, 1.82) is 0 Å². The number of rotatable bonds is 5. The van der Waals surface area contributed by atoms with Gasteiger partial charge in [0.1, 0.15) is 0 Å². The van der Waals surface area contributed by atoms with Crippen molar-refractivity contribution >= 4 is 8.32 Å². The van der Waals surface area contributed by atoms with E-state index in [0.717, 1.165) is 19.3 Å². The molecule has 0 aromatic heterocycles. The van der Waals surface area contributed by atoms with Crippen molar-refractivity contribution in [1.82, 2.24) is 0 Å². The van der Waals surface area contributed by atoms with E-state index in [0.29, 0.717) is 35.9 Å². The van der Waals surface area contributed by atoms with Crippen LogP contribution in [-0.4, -0.2) is 26.1 Å². The van der Waals surface area contributed by atoms with Gasteiger partial charge in [-0.05, 0) is 98.2 Å². The topological polar surface area (TPSA) is 29.5 Å². The maximum Gasteiger partial charge on any atom is 0.192 e. The van der Waals surface area contributed by atoms with Gasteiger partial charge in [0.25, 0.3) is 0 Å². The van der Waals surface area contributed by atoms with Crippen LogP contribution in [0.1, 0.15) is 86.0 Å². The van der Waals surface area contributed by atoms with Crippen molar-refractivity contribution in [3.63, 3.8) is 0 Å². The van der Waals surface area contributed by atoms with Crippen LogP contribution in [0.15, 0.2) is 35.5 Å². The van der Waals surface area contributed by atoms with E-state index in [2.05, 4.69) is 66.4 Å². The lowest BCUT2D eigenvalue weighted by Crippen LogP contribution is -2.44. The van der Waals surface area contributed by atoms with E-state index in [9.17, 15) is 5.11 Å². The van der Waals surface area contributed by atoms with Gasteiger partial charge in [-0.15, -0.1) is 0 Å². The lowest BCUT2D eigenvalue weighted by atomic mass is 9.61. The summed E-state index contributed by atoms with van der Waals surface area (Å²) >= 11 is 0. The summed E-state index contributed by atoms with van der Waals surface area (Å²) in [6.45, 7) is 21.2. The molecule has 5 atom stereocenters. The lowest BCUT2D eigenvalue weighted by molar-refractivity contribution is 0.0690. The molecule has 0 aromatic carbocycles. The number of fused-ring (bicyclic) bond motifs is 1. The fourth-order valence-corrected chi connectivity index (χ4v) is 7.80. The van der Waals surface area contributed by atoms with E-state index in [1.807, 2.05) is 0 Å². The van der Waals surface area contributed by atoms with Gasteiger partial charge in [0.15, 0.2) is 8.32 Å². The fourth-order valence-electron chi connectivity index (χ4n) is 6.42. The summed E-state index contributed by atoms with van der Waals surface area (Å²) in [6.07, 6.45) is 14.8. The number of aliphatic hydroxyl groups excluding tert-OH is 1. The maximum atomic E-state index is 9.78. The SMILES string of the molecule is C=C1CC[C@H](O[Si](C)(C)C(C)(C)C)C/C1=C\C=C1/CCC[C@]2(C)[C@@H]([C@H](C)CO)CC[C@@H]12. The molecule has 0 radical (unpaired) electrons. The minimum Gasteiger partial charge on any atom is -0.414 e. The second-order valence-corrected chi connectivity index (χ2v) is 17.3. The van der Waals surface area contributed by atoms with Gasteiger partial charge in [-0.1, -0.05) is 64.5 Å². The molecule has 0 aromatic rings. The fraction of sp³-hybridized carbons (Fsp3) is 0.786. The number of hydrogen-bond donors (Lipinski definition) is 1. The van der Waals surface area contributed by atoms with E-state index < -0.39 is 8.32 Å². The van der Waals surface area contributed by atoms with Crippen molar-refractivity contribution < 1.29 is 9.53 Å². The van der Waals surface area contributed by atoms with Crippen LogP contribution >= 0.6 is 0 Å². The minimum atomic E-state index is -1.74. The summed E-state index contributed by atoms with van der Waals surface area (Å²) in [5.74, 6) is 1.76. The third-order valence-corrected chi connectivity index (χ3v) is 14.0. The zero-order valence-corrected chi connectivity index (χ0v) is 22.4. The zero-order chi connectivity index (χ0) is 23.0. The summed E-state index contributed by atoms with van der Waals surface area (Å²) in [5.41, 5.74) is 4.73. The van der Waals surface area contributed by atoms with Crippen LogP contribution in [0.5, 0.6) is 0 Å². The molecular weight excluding hydrogens is 396 g/mol. The van der Waals surface area contributed by atoms with Crippen LogP contribution in [0.4, 0.5) is 0 Å². The van der Waals surface area contributed by atoms with Crippen LogP contribution in [0.2, 0.25) is 18.1 Å². The summed E-state index contributed by atoms with van der Waals surface area (Å²) in [4.78, 5) is 0. The molecule has 1 N–H and O–H groups in total. The Morgan fingerprint density at radius 2 is 1.90 bits per heavy atom. The molecule has 0 spiro atoms. The first-order valence-electron chi connectivity index (χ1n) is 12.8. The highest BCUT2D eigenvalue weighted by molar-refractivity contribution is 6.74. The Morgan fingerprint density at radius 3 is 2.55 bits per heavy atom. The van der Waals surface area contributed by atoms with Crippen LogP contribution < -0.4 is 0 Å². The number of aliphatic hydroxyl groups is 1. The summed E-state index contributed by atoms with van der Waals surface area (Å²) in [5, 5.41) is 10.0. The molecule has 3 heteroatoms. The molecule has 0 aliphatic heterocycles. The van der Waals surface area contributed by atoms with Gasteiger partial charge >= 0.3 is 0 Å². The van der Waals surface area contributed by atoms with Crippen molar-refractivity contribution in [2.45, 2.75) is 110 Å². The molecule has 0 saturated heterocycles. The van der Waals surface area contributed by atoms with Gasteiger partial charge in [-0.3, -0.25) is 0 Å². The third kappa shape index (κ3) is 5.14. The van der Waals surface area contributed by atoms with Gasteiger partial charge in [0.2, 0.25) is 0 Å². The van der Waals surface area contributed by atoms with E-state index in [4.69, 9.17) is 4.43 Å². The normalized spacial score (nSPS) is 36.1. The van der Waals surface area contributed by atoms with Crippen LogP contribution in [0, 0.1) is 23.2 Å². The smallest absolute Gasteiger partial charge is 0.192 e. The Morgan fingerprint density at radius 1 is 1.19 bits per heavy atom. The van der Waals surface area contributed by atoms with Crippen molar-refractivity contribution in [3.8, 4) is 0 Å². The Hall–Kier alpha value is -0.643. The molecule has 0 heterocycles. The van der Waals surface area contributed by atoms with Crippen LogP contribution in [0.25, 0.3) is 0 Å².